The van der Waals surface area contributed by atoms with Gasteiger partial charge in [-0.25, -0.2) is 0 Å². The number of hydrogen-bond acceptors (Lipinski definition) is 7. The van der Waals surface area contributed by atoms with Crippen molar-refractivity contribution < 1.29 is 4.42 Å². The first-order valence-corrected chi connectivity index (χ1v) is 10.2. The summed E-state index contributed by atoms with van der Waals surface area (Å²) in [7, 11) is 0. The van der Waals surface area contributed by atoms with Crippen LogP contribution in [-0.4, -0.2) is 30.4 Å². The molecule has 0 amide bonds. The summed E-state index contributed by atoms with van der Waals surface area (Å²) in [6.45, 7) is 2.20. The zero-order valence-electron chi connectivity index (χ0n) is 15.5. The summed E-state index contributed by atoms with van der Waals surface area (Å²) in [4.78, 5) is 0. The third-order valence-corrected chi connectivity index (χ3v) is 5.16. The largest absolute Gasteiger partial charge is 0.420 e. The van der Waals surface area contributed by atoms with Gasteiger partial charge in [-0.15, -0.1) is 15.3 Å². The van der Waals surface area contributed by atoms with Gasteiger partial charge in [-0.2, -0.15) is 4.68 Å². The van der Waals surface area contributed by atoms with Crippen LogP contribution in [0.4, 0.5) is 0 Å². The molecule has 4 aromatic rings. The number of unbranched alkanes of at least 4 members (excludes halogenated alkanes) is 1. The summed E-state index contributed by atoms with van der Waals surface area (Å²) in [5.74, 6) is 1.54. The molecule has 8 heteroatoms. The third kappa shape index (κ3) is 4.28. The van der Waals surface area contributed by atoms with Gasteiger partial charge in [-0.1, -0.05) is 55.4 Å². The molecule has 142 valence electrons. The quantitative estimate of drug-likeness (QED) is 0.412. The summed E-state index contributed by atoms with van der Waals surface area (Å²) in [6.07, 6.45) is 3.48. The number of nitrogens with zero attached hydrogens (tertiary/aromatic N) is 6. The van der Waals surface area contributed by atoms with E-state index in [4.69, 9.17) is 4.42 Å². The number of rotatable bonds is 8. The maximum Gasteiger partial charge on any atom is 0.247 e. The Kier molecular flexibility index (Phi) is 5.77. The van der Waals surface area contributed by atoms with Crippen molar-refractivity contribution in [2.75, 3.05) is 0 Å². The summed E-state index contributed by atoms with van der Waals surface area (Å²) in [6, 6.07) is 18.1. The predicted molar refractivity (Wildman–Crippen MR) is 107 cm³/mol. The molecule has 0 unspecified atom stereocenters. The standard InChI is InChI=1S/C20H20N6OS/c1-2-3-7-15-10-12-17(13-11-15)26-20(23-24-25-26)28-14-18-21-22-19(27-18)16-8-5-4-6-9-16/h4-6,8-13H,2-3,7,14H2,1H3. The highest BCUT2D eigenvalue weighted by atomic mass is 32.2. The zero-order chi connectivity index (χ0) is 19.2. The molecule has 28 heavy (non-hydrogen) atoms. The van der Waals surface area contributed by atoms with Crippen LogP contribution < -0.4 is 0 Å². The minimum atomic E-state index is 0.495. The molecule has 0 spiro atoms. The Morgan fingerprint density at radius 1 is 0.964 bits per heavy atom. The molecule has 2 aromatic carbocycles. The zero-order valence-corrected chi connectivity index (χ0v) is 16.3. The smallest absolute Gasteiger partial charge is 0.247 e. The molecule has 0 bridgehead atoms. The number of tetrazole rings is 1. The first-order chi connectivity index (χ1) is 13.8. The lowest BCUT2D eigenvalue weighted by molar-refractivity contribution is 0.528. The van der Waals surface area contributed by atoms with E-state index in [0.717, 1.165) is 17.7 Å². The van der Waals surface area contributed by atoms with Gasteiger partial charge in [-0.3, -0.25) is 0 Å². The summed E-state index contributed by atoms with van der Waals surface area (Å²) >= 11 is 1.46. The van der Waals surface area contributed by atoms with Crippen LogP contribution in [0.1, 0.15) is 31.2 Å². The van der Waals surface area contributed by atoms with Crippen molar-refractivity contribution in [3.8, 4) is 17.1 Å². The van der Waals surface area contributed by atoms with Gasteiger partial charge in [-0.05, 0) is 53.1 Å². The fraction of sp³-hybridized carbons (Fsp3) is 0.250. The van der Waals surface area contributed by atoms with Crippen molar-refractivity contribution in [1.29, 1.82) is 0 Å². The molecule has 2 aromatic heterocycles. The van der Waals surface area contributed by atoms with E-state index < -0.39 is 0 Å². The van der Waals surface area contributed by atoms with Crippen LogP contribution in [0.3, 0.4) is 0 Å². The Morgan fingerprint density at radius 2 is 1.79 bits per heavy atom. The van der Waals surface area contributed by atoms with Gasteiger partial charge in [0.2, 0.25) is 16.9 Å². The van der Waals surface area contributed by atoms with Gasteiger partial charge in [0, 0.05) is 5.56 Å². The molecule has 7 nitrogen and oxygen atoms in total. The lowest BCUT2D eigenvalue weighted by Crippen LogP contribution is -1.99. The molecule has 0 atom stereocenters. The maximum atomic E-state index is 5.75. The SMILES string of the molecule is CCCCc1ccc(-n2nnnc2SCc2nnc(-c3ccccc3)o2)cc1. The number of benzene rings is 2. The summed E-state index contributed by atoms with van der Waals surface area (Å²) in [5.41, 5.74) is 3.16. The first-order valence-electron chi connectivity index (χ1n) is 9.22. The van der Waals surface area contributed by atoms with E-state index in [0.29, 0.717) is 22.7 Å². The Morgan fingerprint density at radius 3 is 2.57 bits per heavy atom. The summed E-state index contributed by atoms with van der Waals surface area (Å²) in [5, 5.41) is 21.0. The van der Waals surface area contributed by atoms with Gasteiger partial charge in [0.15, 0.2) is 0 Å². The van der Waals surface area contributed by atoms with Crippen LogP contribution in [0, 0.1) is 0 Å². The topological polar surface area (TPSA) is 82.5 Å². The highest BCUT2D eigenvalue weighted by Crippen LogP contribution is 2.24. The number of aryl methyl sites for hydroxylation is 1. The maximum absolute atomic E-state index is 5.75. The fourth-order valence-electron chi connectivity index (χ4n) is 2.75. The predicted octanol–water partition coefficient (Wildman–Crippen LogP) is 4.35. The molecule has 2 heterocycles. The molecule has 0 N–H and O–H groups in total. The molecule has 0 saturated carbocycles. The second-order valence-electron chi connectivity index (χ2n) is 6.30. The highest BCUT2D eigenvalue weighted by molar-refractivity contribution is 7.98. The lowest BCUT2D eigenvalue weighted by Gasteiger charge is -2.05. The minimum absolute atomic E-state index is 0.495. The van der Waals surface area contributed by atoms with E-state index >= 15 is 0 Å². The summed E-state index contributed by atoms with van der Waals surface area (Å²) < 4.78 is 7.47. The average Bonchev–Trinajstić information content (AvgIpc) is 3.41. The number of thioether (sulfide) groups is 1. The molecule has 0 aliphatic rings. The van der Waals surface area contributed by atoms with Crippen molar-refractivity contribution >= 4 is 11.8 Å². The Hall–Kier alpha value is -3.00. The van der Waals surface area contributed by atoms with Crippen LogP contribution in [0.2, 0.25) is 0 Å². The first kappa shape index (κ1) is 18.4. The van der Waals surface area contributed by atoms with Crippen molar-refractivity contribution in [3.05, 3.63) is 66.1 Å². The van der Waals surface area contributed by atoms with E-state index in [1.54, 1.807) is 4.68 Å². The van der Waals surface area contributed by atoms with Crippen molar-refractivity contribution in [3.63, 3.8) is 0 Å². The van der Waals surface area contributed by atoms with Crippen molar-refractivity contribution in [1.82, 2.24) is 30.4 Å². The molecule has 0 radical (unpaired) electrons. The normalized spacial score (nSPS) is 11.0. The van der Waals surface area contributed by atoms with E-state index in [2.05, 4.69) is 44.8 Å². The highest BCUT2D eigenvalue weighted by Gasteiger charge is 2.13. The van der Waals surface area contributed by atoms with Gasteiger partial charge in [0.1, 0.15) is 0 Å². The number of hydrogen-bond donors (Lipinski definition) is 0. The molecule has 0 fully saturated rings. The molecular weight excluding hydrogens is 372 g/mol. The van der Waals surface area contributed by atoms with Crippen LogP contribution >= 0.6 is 11.8 Å². The van der Waals surface area contributed by atoms with Crippen LogP contribution in [0.5, 0.6) is 0 Å². The van der Waals surface area contributed by atoms with Crippen molar-refractivity contribution in [2.24, 2.45) is 0 Å². The van der Waals surface area contributed by atoms with Gasteiger partial charge >= 0.3 is 0 Å². The van der Waals surface area contributed by atoms with Crippen LogP contribution in [-0.2, 0) is 12.2 Å². The molecular formula is C20H20N6OS. The van der Waals surface area contributed by atoms with E-state index in [1.165, 1.54) is 30.2 Å². The van der Waals surface area contributed by atoms with E-state index in [9.17, 15) is 0 Å². The lowest BCUT2D eigenvalue weighted by atomic mass is 10.1. The average molecular weight is 392 g/mol. The molecule has 0 saturated heterocycles. The molecule has 0 aliphatic heterocycles. The Balaban J connectivity index is 1.43. The Bertz CT molecular complexity index is 1010. The Labute approximate surface area is 167 Å². The fourth-order valence-corrected chi connectivity index (χ4v) is 3.48. The minimum Gasteiger partial charge on any atom is -0.420 e. The van der Waals surface area contributed by atoms with E-state index in [1.807, 2.05) is 42.5 Å². The molecule has 0 aliphatic carbocycles. The third-order valence-electron chi connectivity index (χ3n) is 4.25. The monoisotopic (exact) mass is 392 g/mol. The van der Waals surface area contributed by atoms with Gasteiger partial charge < -0.3 is 4.42 Å². The number of aromatic nitrogens is 6. The van der Waals surface area contributed by atoms with Gasteiger partial charge in [0.25, 0.3) is 0 Å². The molecule has 4 rings (SSSR count). The van der Waals surface area contributed by atoms with Crippen LogP contribution in [0.15, 0.2) is 64.2 Å². The van der Waals surface area contributed by atoms with Crippen molar-refractivity contribution in [2.45, 2.75) is 37.1 Å². The van der Waals surface area contributed by atoms with Crippen LogP contribution in [0.25, 0.3) is 17.1 Å². The second-order valence-corrected chi connectivity index (χ2v) is 7.24. The second kappa shape index (κ2) is 8.79. The van der Waals surface area contributed by atoms with Gasteiger partial charge in [0.05, 0.1) is 11.4 Å². The van der Waals surface area contributed by atoms with E-state index in [-0.39, 0.29) is 0 Å².